The first-order chi connectivity index (χ1) is 9.11. The van der Waals surface area contributed by atoms with E-state index in [4.69, 9.17) is 16.3 Å². The molecule has 0 bridgehead atoms. The Bertz CT molecular complexity index is 600. The standard InChI is InChI=1S/C14H13ClN2O2/c1-9-7-12(19-2)11(15)8-10(9)14(18)17-13-5-3-4-6-16-13/h3-8H,1-2H3,(H,16,17,18). The van der Waals surface area contributed by atoms with Crippen molar-refractivity contribution < 1.29 is 9.53 Å². The predicted molar refractivity (Wildman–Crippen MR) is 74.9 cm³/mol. The quantitative estimate of drug-likeness (QED) is 0.936. The lowest BCUT2D eigenvalue weighted by molar-refractivity contribution is 0.102. The Hall–Kier alpha value is -2.07. The number of nitrogens with zero attached hydrogens (tertiary/aromatic N) is 1. The molecule has 0 aliphatic heterocycles. The Morgan fingerprint density at radius 1 is 1.37 bits per heavy atom. The SMILES string of the molecule is COc1cc(C)c(C(=O)Nc2ccccn2)cc1Cl. The zero-order chi connectivity index (χ0) is 13.8. The number of aromatic nitrogens is 1. The van der Waals surface area contributed by atoms with Crippen LogP contribution in [0.5, 0.6) is 5.75 Å². The number of hydrogen-bond donors (Lipinski definition) is 1. The van der Waals surface area contributed by atoms with Gasteiger partial charge in [0.2, 0.25) is 0 Å². The van der Waals surface area contributed by atoms with Gasteiger partial charge in [0.05, 0.1) is 12.1 Å². The van der Waals surface area contributed by atoms with E-state index < -0.39 is 0 Å². The monoisotopic (exact) mass is 276 g/mol. The van der Waals surface area contributed by atoms with Crippen LogP contribution in [0.3, 0.4) is 0 Å². The van der Waals surface area contributed by atoms with Crippen LogP contribution in [0.25, 0.3) is 0 Å². The molecule has 0 aliphatic rings. The van der Waals surface area contributed by atoms with E-state index in [2.05, 4.69) is 10.3 Å². The zero-order valence-corrected chi connectivity index (χ0v) is 11.4. The Labute approximate surface area is 116 Å². The average Bonchev–Trinajstić information content (AvgIpc) is 2.42. The summed E-state index contributed by atoms with van der Waals surface area (Å²) in [6.07, 6.45) is 1.61. The van der Waals surface area contributed by atoms with Gasteiger partial charge in [0.15, 0.2) is 0 Å². The fraction of sp³-hybridized carbons (Fsp3) is 0.143. The molecule has 4 nitrogen and oxygen atoms in total. The molecule has 19 heavy (non-hydrogen) atoms. The highest BCUT2D eigenvalue weighted by Crippen LogP contribution is 2.28. The summed E-state index contributed by atoms with van der Waals surface area (Å²) in [5.41, 5.74) is 1.28. The molecule has 0 atom stereocenters. The maximum absolute atomic E-state index is 12.1. The summed E-state index contributed by atoms with van der Waals surface area (Å²) in [6.45, 7) is 1.83. The summed E-state index contributed by atoms with van der Waals surface area (Å²) in [4.78, 5) is 16.2. The van der Waals surface area contributed by atoms with Gasteiger partial charge < -0.3 is 10.1 Å². The summed E-state index contributed by atoms with van der Waals surface area (Å²) in [6, 6.07) is 8.63. The molecule has 1 amide bonds. The number of benzene rings is 1. The highest BCUT2D eigenvalue weighted by molar-refractivity contribution is 6.32. The molecule has 0 fully saturated rings. The minimum Gasteiger partial charge on any atom is -0.495 e. The van der Waals surface area contributed by atoms with Crippen molar-refractivity contribution >= 4 is 23.3 Å². The second-order valence-electron chi connectivity index (χ2n) is 3.97. The van der Waals surface area contributed by atoms with E-state index in [1.54, 1.807) is 36.5 Å². The van der Waals surface area contributed by atoms with E-state index in [1.807, 2.05) is 6.92 Å². The zero-order valence-electron chi connectivity index (χ0n) is 10.6. The van der Waals surface area contributed by atoms with Crippen molar-refractivity contribution in [1.82, 2.24) is 4.98 Å². The Morgan fingerprint density at radius 2 is 2.16 bits per heavy atom. The molecule has 0 unspecified atom stereocenters. The van der Waals surface area contributed by atoms with Gasteiger partial charge in [-0.3, -0.25) is 4.79 Å². The summed E-state index contributed by atoms with van der Waals surface area (Å²) in [5, 5.41) is 3.12. The molecule has 0 saturated carbocycles. The van der Waals surface area contributed by atoms with Crippen molar-refractivity contribution in [2.75, 3.05) is 12.4 Å². The lowest BCUT2D eigenvalue weighted by Crippen LogP contribution is -2.14. The lowest BCUT2D eigenvalue weighted by atomic mass is 10.1. The van der Waals surface area contributed by atoms with E-state index in [-0.39, 0.29) is 5.91 Å². The third kappa shape index (κ3) is 3.03. The molecule has 1 aromatic heterocycles. The number of carbonyl (C=O) groups excluding carboxylic acids is 1. The Kier molecular flexibility index (Phi) is 4.02. The van der Waals surface area contributed by atoms with Crippen molar-refractivity contribution in [2.45, 2.75) is 6.92 Å². The number of hydrogen-bond acceptors (Lipinski definition) is 3. The molecule has 2 aromatic rings. The molecule has 0 spiro atoms. The molecule has 0 saturated heterocycles. The smallest absolute Gasteiger partial charge is 0.257 e. The van der Waals surface area contributed by atoms with Gasteiger partial charge in [-0.15, -0.1) is 0 Å². The molecule has 0 radical (unpaired) electrons. The Morgan fingerprint density at radius 3 is 2.79 bits per heavy atom. The molecule has 98 valence electrons. The normalized spacial score (nSPS) is 10.1. The maximum atomic E-state index is 12.1. The molecule has 1 N–H and O–H groups in total. The van der Waals surface area contributed by atoms with Crippen molar-refractivity contribution in [1.29, 1.82) is 0 Å². The van der Waals surface area contributed by atoms with Crippen LogP contribution in [-0.4, -0.2) is 18.0 Å². The fourth-order valence-electron chi connectivity index (χ4n) is 1.68. The van der Waals surface area contributed by atoms with Crippen LogP contribution in [0.15, 0.2) is 36.5 Å². The van der Waals surface area contributed by atoms with E-state index in [9.17, 15) is 4.79 Å². The minimum absolute atomic E-state index is 0.249. The van der Waals surface area contributed by atoms with Gasteiger partial charge in [-0.1, -0.05) is 17.7 Å². The first-order valence-corrected chi connectivity index (χ1v) is 6.06. The molecule has 1 heterocycles. The fourth-order valence-corrected chi connectivity index (χ4v) is 1.92. The number of amides is 1. The van der Waals surface area contributed by atoms with Gasteiger partial charge in [-0.05, 0) is 36.8 Å². The van der Waals surface area contributed by atoms with Crippen LogP contribution in [0.1, 0.15) is 15.9 Å². The summed E-state index contributed by atoms with van der Waals surface area (Å²) in [5.74, 6) is 0.799. The van der Waals surface area contributed by atoms with Crippen LogP contribution in [0.2, 0.25) is 5.02 Å². The van der Waals surface area contributed by atoms with Gasteiger partial charge in [-0.2, -0.15) is 0 Å². The number of methoxy groups -OCH3 is 1. The highest BCUT2D eigenvalue weighted by Gasteiger charge is 2.13. The molecular formula is C14H13ClN2O2. The number of anilines is 1. The molecule has 1 aromatic carbocycles. The summed E-state index contributed by atoms with van der Waals surface area (Å²) in [7, 11) is 1.54. The van der Waals surface area contributed by atoms with Gasteiger partial charge in [-0.25, -0.2) is 4.98 Å². The number of nitrogens with one attached hydrogen (secondary N) is 1. The topological polar surface area (TPSA) is 51.2 Å². The Balaban J connectivity index is 2.27. The van der Waals surface area contributed by atoms with Gasteiger partial charge in [0, 0.05) is 11.8 Å². The summed E-state index contributed by atoms with van der Waals surface area (Å²) < 4.78 is 5.10. The molecule has 0 aliphatic carbocycles. The molecular weight excluding hydrogens is 264 g/mol. The first kappa shape index (κ1) is 13.4. The summed E-state index contributed by atoms with van der Waals surface area (Å²) >= 11 is 6.03. The minimum atomic E-state index is -0.249. The molecule has 2 rings (SSSR count). The average molecular weight is 277 g/mol. The largest absolute Gasteiger partial charge is 0.495 e. The van der Waals surface area contributed by atoms with Gasteiger partial charge in [0.25, 0.3) is 5.91 Å². The van der Waals surface area contributed by atoms with Gasteiger partial charge in [0.1, 0.15) is 11.6 Å². The van der Waals surface area contributed by atoms with Crippen molar-refractivity contribution in [3.63, 3.8) is 0 Å². The number of carbonyl (C=O) groups is 1. The number of pyridine rings is 1. The van der Waals surface area contributed by atoms with Crippen molar-refractivity contribution in [3.05, 3.63) is 52.7 Å². The third-order valence-corrected chi connectivity index (χ3v) is 2.95. The second-order valence-corrected chi connectivity index (χ2v) is 4.38. The van der Waals surface area contributed by atoms with Crippen molar-refractivity contribution in [3.8, 4) is 5.75 Å². The van der Waals surface area contributed by atoms with Crippen molar-refractivity contribution in [2.24, 2.45) is 0 Å². The number of halogens is 1. The second kappa shape index (κ2) is 5.71. The maximum Gasteiger partial charge on any atom is 0.257 e. The van der Waals surface area contributed by atoms with Crippen LogP contribution in [0, 0.1) is 6.92 Å². The van der Waals surface area contributed by atoms with E-state index in [0.717, 1.165) is 5.56 Å². The number of ether oxygens (including phenoxy) is 1. The highest BCUT2D eigenvalue weighted by atomic mass is 35.5. The third-order valence-electron chi connectivity index (χ3n) is 2.65. The van der Waals surface area contributed by atoms with Crippen LogP contribution >= 0.6 is 11.6 Å². The van der Waals surface area contributed by atoms with E-state index in [0.29, 0.717) is 22.2 Å². The van der Waals surface area contributed by atoms with E-state index in [1.165, 1.54) is 7.11 Å². The van der Waals surface area contributed by atoms with E-state index >= 15 is 0 Å². The predicted octanol–water partition coefficient (Wildman–Crippen LogP) is 3.30. The van der Waals surface area contributed by atoms with Gasteiger partial charge >= 0.3 is 0 Å². The van der Waals surface area contributed by atoms with Crippen LogP contribution in [0.4, 0.5) is 5.82 Å². The number of rotatable bonds is 3. The molecule has 5 heteroatoms. The lowest BCUT2D eigenvalue weighted by Gasteiger charge is -2.10. The van der Waals surface area contributed by atoms with Crippen LogP contribution < -0.4 is 10.1 Å². The number of aryl methyl sites for hydroxylation is 1. The first-order valence-electron chi connectivity index (χ1n) is 5.68. The van der Waals surface area contributed by atoms with Crippen LogP contribution in [-0.2, 0) is 0 Å².